The molecule has 1 rings (SSSR count). The number of thiol groups is 1. The van der Waals surface area contributed by atoms with Crippen LogP contribution >= 0.6 is 24.2 Å². The van der Waals surface area contributed by atoms with E-state index in [0.717, 1.165) is 21.0 Å². The SMILES string of the molecule is Cc1ccc(S)c(C)c1Cl. The van der Waals surface area contributed by atoms with Crippen LogP contribution < -0.4 is 0 Å². The van der Waals surface area contributed by atoms with E-state index in [1.165, 1.54) is 0 Å². The van der Waals surface area contributed by atoms with Gasteiger partial charge >= 0.3 is 0 Å². The average molecular weight is 173 g/mol. The Morgan fingerprint density at radius 1 is 1.30 bits per heavy atom. The fourth-order valence-corrected chi connectivity index (χ4v) is 1.23. The molecule has 0 aliphatic rings. The van der Waals surface area contributed by atoms with Crippen LogP contribution in [0.4, 0.5) is 0 Å². The van der Waals surface area contributed by atoms with Crippen molar-refractivity contribution >= 4 is 24.2 Å². The first-order chi connectivity index (χ1) is 4.63. The van der Waals surface area contributed by atoms with Crippen LogP contribution in [0, 0.1) is 13.8 Å². The van der Waals surface area contributed by atoms with E-state index in [1.54, 1.807) is 0 Å². The lowest BCUT2D eigenvalue weighted by Gasteiger charge is -2.03. The van der Waals surface area contributed by atoms with Crippen molar-refractivity contribution in [3.05, 3.63) is 28.3 Å². The van der Waals surface area contributed by atoms with Crippen LogP contribution in [-0.4, -0.2) is 0 Å². The summed E-state index contributed by atoms with van der Waals surface area (Å²) in [5.74, 6) is 0. The summed E-state index contributed by atoms with van der Waals surface area (Å²) >= 11 is 10.2. The lowest BCUT2D eigenvalue weighted by atomic mass is 10.2. The Balaban J connectivity index is 3.34. The molecule has 0 spiro atoms. The first-order valence-corrected chi connectivity index (χ1v) is 3.90. The van der Waals surface area contributed by atoms with Gasteiger partial charge in [-0.3, -0.25) is 0 Å². The Bertz CT molecular complexity index is 229. The van der Waals surface area contributed by atoms with E-state index in [1.807, 2.05) is 26.0 Å². The molecule has 0 aliphatic carbocycles. The third-order valence-corrected chi connectivity index (χ3v) is 2.62. The highest BCUT2D eigenvalue weighted by Crippen LogP contribution is 2.24. The third-order valence-electron chi connectivity index (χ3n) is 1.55. The van der Waals surface area contributed by atoms with E-state index in [4.69, 9.17) is 11.6 Å². The van der Waals surface area contributed by atoms with Gasteiger partial charge in [0.15, 0.2) is 0 Å². The minimum atomic E-state index is 0.826. The van der Waals surface area contributed by atoms with Crippen molar-refractivity contribution in [2.75, 3.05) is 0 Å². The molecule has 2 heteroatoms. The smallest absolute Gasteiger partial charge is 0.0475 e. The van der Waals surface area contributed by atoms with Gasteiger partial charge in [-0.1, -0.05) is 17.7 Å². The molecule has 0 atom stereocenters. The van der Waals surface area contributed by atoms with Gasteiger partial charge in [0.2, 0.25) is 0 Å². The van der Waals surface area contributed by atoms with Crippen molar-refractivity contribution in [3.8, 4) is 0 Å². The molecule has 0 saturated carbocycles. The van der Waals surface area contributed by atoms with Gasteiger partial charge in [-0.05, 0) is 31.0 Å². The van der Waals surface area contributed by atoms with Gasteiger partial charge in [0, 0.05) is 9.92 Å². The van der Waals surface area contributed by atoms with Crippen LogP contribution in [0.5, 0.6) is 0 Å². The monoisotopic (exact) mass is 172 g/mol. The molecule has 0 saturated heterocycles. The molecular formula is C8H9ClS. The molecule has 0 unspecified atom stereocenters. The molecule has 0 fully saturated rings. The van der Waals surface area contributed by atoms with Crippen LogP contribution in [-0.2, 0) is 0 Å². The van der Waals surface area contributed by atoms with E-state index in [2.05, 4.69) is 12.6 Å². The summed E-state index contributed by atoms with van der Waals surface area (Å²) in [6.07, 6.45) is 0. The molecular weight excluding hydrogens is 164 g/mol. The Morgan fingerprint density at radius 3 is 2.40 bits per heavy atom. The third kappa shape index (κ3) is 1.30. The lowest BCUT2D eigenvalue weighted by Crippen LogP contribution is -1.81. The molecule has 0 aliphatic heterocycles. The van der Waals surface area contributed by atoms with Gasteiger partial charge in [0.1, 0.15) is 0 Å². The van der Waals surface area contributed by atoms with Crippen molar-refractivity contribution in [2.24, 2.45) is 0 Å². The summed E-state index contributed by atoms with van der Waals surface area (Å²) < 4.78 is 0. The van der Waals surface area contributed by atoms with Crippen LogP contribution in [0.1, 0.15) is 11.1 Å². The molecule has 0 aromatic heterocycles. The van der Waals surface area contributed by atoms with Crippen molar-refractivity contribution in [1.82, 2.24) is 0 Å². The van der Waals surface area contributed by atoms with Gasteiger partial charge in [-0.25, -0.2) is 0 Å². The normalized spacial score (nSPS) is 10.0. The Labute approximate surface area is 71.6 Å². The number of benzene rings is 1. The zero-order valence-corrected chi connectivity index (χ0v) is 7.63. The summed E-state index contributed by atoms with van der Waals surface area (Å²) in [6.45, 7) is 3.96. The highest BCUT2D eigenvalue weighted by molar-refractivity contribution is 7.80. The second-order valence-electron chi connectivity index (χ2n) is 2.34. The van der Waals surface area contributed by atoms with Crippen LogP contribution in [0.25, 0.3) is 0 Å². The molecule has 0 bridgehead atoms. The minimum Gasteiger partial charge on any atom is -0.143 e. The zero-order valence-electron chi connectivity index (χ0n) is 5.98. The highest BCUT2D eigenvalue weighted by Gasteiger charge is 2.00. The molecule has 1 aromatic carbocycles. The molecule has 0 radical (unpaired) electrons. The maximum Gasteiger partial charge on any atom is 0.0475 e. The van der Waals surface area contributed by atoms with Gasteiger partial charge in [-0.2, -0.15) is 0 Å². The molecule has 0 amide bonds. The predicted molar refractivity (Wildman–Crippen MR) is 48.2 cm³/mol. The fraction of sp³-hybridized carbons (Fsp3) is 0.250. The van der Waals surface area contributed by atoms with Crippen LogP contribution in [0.2, 0.25) is 5.02 Å². The molecule has 0 heterocycles. The Kier molecular flexibility index (Phi) is 2.27. The van der Waals surface area contributed by atoms with Gasteiger partial charge in [0.05, 0.1) is 0 Å². The van der Waals surface area contributed by atoms with Crippen molar-refractivity contribution in [1.29, 1.82) is 0 Å². The van der Waals surface area contributed by atoms with Crippen molar-refractivity contribution in [3.63, 3.8) is 0 Å². The lowest BCUT2D eigenvalue weighted by molar-refractivity contribution is 1.27. The van der Waals surface area contributed by atoms with E-state index in [0.29, 0.717) is 0 Å². The predicted octanol–water partition coefficient (Wildman–Crippen LogP) is 3.25. The summed E-state index contributed by atoms with van der Waals surface area (Å²) in [5, 5.41) is 0.826. The minimum absolute atomic E-state index is 0.826. The first kappa shape index (κ1) is 7.96. The van der Waals surface area contributed by atoms with Crippen molar-refractivity contribution < 1.29 is 0 Å². The van der Waals surface area contributed by atoms with Crippen LogP contribution in [0.15, 0.2) is 17.0 Å². The number of hydrogen-bond donors (Lipinski definition) is 1. The second kappa shape index (κ2) is 2.85. The summed E-state index contributed by atoms with van der Waals surface area (Å²) in [4.78, 5) is 0.954. The largest absolute Gasteiger partial charge is 0.143 e. The summed E-state index contributed by atoms with van der Waals surface area (Å²) in [6, 6.07) is 3.93. The van der Waals surface area contributed by atoms with Gasteiger partial charge in [-0.15, -0.1) is 12.6 Å². The Morgan fingerprint density at radius 2 is 1.90 bits per heavy atom. The summed E-state index contributed by atoms with van der Waals surface area (Å²) in [5.41, 5.74) is 2.17. The number of aryl methyl sites for hydroxylation is 1. The molecule has 1 aromatic rings. The highest BCUT2D eigenvalue weighted by atomic mass is 35.5. The quantitative estimate of drug-likeness (QED) is 0.571. The average Bonchev–Trinajstić information content (AvgIpc) is 1.93. The van der Waals surface area contributed by atoms with Crippen LogP contribution in [0.3, 0.4) is 0 Å². The van der Waals surface area contributed by atoms with Crippen molar-refractivity contribution in [2.45, 2.75) is 18.7 Å². The van der Waals surface area contributed by atoms with Gasteiger partial charge < -0.3 is 0 Å². The van der Waals surface area contributed by atoms with Gasteiger partial charge in [0.25, 0.3) is 0 Å². The Hall–Kier alpha value is -0.140. The van der Waals surface area contributed by atoms with E-state index >= 15 is 0 Å². The zero-order chi connectivity index (χ0) is 7.72. The number of rotatable bonds is 0. The topological polar surface area (TPSA) is 0 Å². The fourth-order valence-electron chi connectivity index (χ4n) is 0.810. The number of hydrogen-bond acceptors (Lipinski definition) is 1. The molecule has 10 heavy (non-hydrogen) atoms. The van der Waals surface area contributed by atoms with E-state index in [9.17, 15) is 0 Å². The summed E-state index contributed by atoms with van der Waals surface area (Å²) in [7, 11) is 0. The first-order valence-electron chi connectivity index (χ1n) is 3.07. The molecule has 54 valence electrons. The molecule has 0 nitrogen and oxygen atoms in total. The maximum absolute atomic E-state index is 5.93. The standard InChI is InChI=1S/C8H9ClS/c1-5-3-4-7(10)6(2)8(5)9/h3-4,10H,1-2H3. The number of halogens is 1. The maximum atomic E-state index is 5.93. The second-order valence-corrected chi connectivity index (χ2v) is 3.20. The molecule has 0 N–H and O–H groups in total. The van der Waals surface area contributed by atoms with E-state index < -0.39 is 0 Å². The van der Waals surface area contributed by atoms with E-state index in [-0.39, 0.29) is 0 Å².